The number of aliphatic hydroxyl groups excluding tert-OH is 1. The van der Waals surface area contributed by atoms with Gasteiger partial charge in [-0.15, -0.1) is 0 Å². The van der Waals surface area contributed by atoms with Gasteiger partial charge in [0.1, 0.15) is 59.6 Å². The number of cyclic esters (lactones) is 1. The average molecular weight is 1900 g/mol. The number of esters is 1. The molecule has 0 spiro atoms. The van der Waals surface area contributed by atoms with Crippen LogP contribution in [0.3, 0.4) is 0 Å². The monoisotopic (exact) mass is 1900 g/mol. The lowest BCUT2D eigenvalue weighted by molar-refractivity contribution is -0.265. The number of hydrogen-bond acceptors (Lipinski definition) is 34. The highest BCUT2D eigenvalue weighted by molar-refractivity contribution is 6.39. The van der Waals surface area contributed by atoms with Gasteiger partial charge in [-0.05, 0) is 142 Å². The van der Waals surface area contributed by atoms with Crippen LogP contribution in [0, 0.1) is 29.6 Å². The van der Waals surface area contributed by atoms with Crippen molar-refractivity contribution in [2.75, 3.05) is 141 Å². The van der Waals surface area contributed by atoms with Gasteiger partial charge in [-0.1, -0.05) is 82.4 Å². The van der Waals surface area contributed by atoms with Crippen LogP contribution in [-0.4, -0.2) is 292 Å². The van der Waals surface area contributed by atoms with Crippen LogP contribution in [0.25, 0.3) is 33.4 Å². The third kappa shape index (κ3) is 27.1. The molecular formula is C98H132N18O21. The number of piperidine rings is 1. The molecule has 39 nitrogen and oxygen atoms in total. The Balaban J connectivity index is 0.493. The minimum absolute atomic E-state index is 0.000948. The summed E-state index contributed by atoms with van der Waals surface area (Å²) in [5, 5.41) is 35.0. The zero-order chi connectivity index (χ0) is 97.4. The van der Waals surface area contributed by atoms with E-state index in [1.54, 1.807) is 59.3 Å². The third-order valence-corrected chi connectivity index (χ3v) is 26.6. The molecule has 1 aliphatic carbocycles. The number of aromatic nitrogens is 9. The van der Waals surface area contributed by atoms with Crippen molar-refractivity contribution in [3.05, 3.63) is 143 Å². The van der Waals surface area contributed by atoms with Crippen molar-refractivity contribution in [2.24, 2.45) is 35.3 Å². The number of fused-ring (bicyclic) bond motifs is 6. The highest BCUT2D eigenvalue weighted by Gasteiger charge is 2.53. The van der Waals surface area contributed by atoms with Crippen LogP contribution in [0.5, 0.6) is 0 Å². The summed E-state index contributed by atoms with van der Waals surface area (Å²) in [6.45, 7) is 17.3. The number of ketones is 3. The number of allylic oxidation sites excluding steroid dienone is 6. The number of nitrogen functional groups attached to an aromatic ring is 2. The van der Waals surface area contributed by atoms with Crippen LogP contribution in [0.2, 0.25) is 0 Å². The molecule has 3 saturated heterocycles. The zero-order valence-corrected chi connectivity index (χ0v) is 79.7. The highest BCUT2D eigenvalue weighted by Crippen LogP contribution is 2.40. The second-order valence-corrected chi connectivity index (χ2v) is 36.5. The number of oxazole rings is 1. The molecule has 10 heterocycles. The van der Waals surface area contributed by atoms with Crippen LogP contribution in [0.4, 0.5) is 28.5 Å². The molecular weight excluding hydrogens is 1770 g/mol. The van der Waals surface area contributed by atoms with Gasteiger partial charge in [0.05, 0.1) is 95.1 Å². The number of amides is 4. The lowest BCUT2D eigenvalue weighted by Crippen LogP contribution is -2.61. The smallest absolute Gasteiger partial charge is 0.407 e. The van der Waals surface area contributed by atoms with Crippen LogP contribution in [-0.2, 0) is 102 Å². The summed E-state index contributed by atoms with van der Waals surface area (Å²) in [5.41, 5.74) is 27.8. The minimum Gasteiger partial charge on any atom is -0.459 e. The number of benzene rings is 2. The molecule has 4 fully saturated rings. The maximum absolute atomic E-state index is 14.8. The number of nitrogens with zero attached hydrogens (tertiary/aromatic N) is 13. The normalized spacial score (nSPS) is 25.9. The first-order valence-corrected chi connectivity index (χ1v) is 47.5. The highest BCUT2D eigenvalue weighted by atomic mass is 16.6. The Kier molecular flexibility index (Phi) is 36.9. The molecule has 5 aromatic heterocycles. The molecule has 2 bridgehead atoms. The first kappa shape index (κ1) is 103. The van der Waals surface area contributed by atoms with Crippen molar-refractivity contribution in [1.29, 1.82) is 0 Å². The second kappa shape index (κ2) is 49.2. The van der Waals surface area contributed by atoms with E-state index in [1.807, 2.05) is 81.8 Å². The van der Waals surface area contributed by atoms with Gasteiger partial charge in [-0.25, -0.2) is 44.2 Å². The number of carbonyl (C=O) groups excluding carboxylic acids is 8. The number of carbonyl (C=O) groups is 8. The van der Waals surface area contributed by atoms with E-state index in [2.05, 4.69) is 57.7 Å². The number of alkyl carbamates (subject to hydrolysis) is 1. The molecule has 0 unspecified atom stereocenters. The maximum atomic E-state index is 14.8. The molecule has 4 amide bonds. The molecule has 0 radical (unpaired) electrons. The second-order valence-electron chi connectivity index (χ2n) is 36.5. The van der Waals surface area contributed by atoms with Crippen LogP contribution in [0.15, 0.2) is 120 Å². The first-order chi connectivity index (χ1) is 66.1. The van der Waals surface area contributed by atoms with Crippen LogP contribution < -0.4 is 37.6 Å². The Morgan fingerprint density at radius 3 is 2.12 bits per heavy atom. The summed E-state index contributed by atoms with van der Waals surface area (Å²) >= 11 is 0. The predicted molar refractivity (Wildman–Crippen MR) is 506 cm³/mol. The molecule has 1 saturated carbocycles. The van der Waals surface area contributed by atoms with Crippen molar-refractivity contribution in [3.63, 3.8) is 0 Å². The van der Waals surface area contributed by atoms with Crippen molar-refractivity contribution in [3.8, 4) is 11.3 Å². The summed E-state index contributed by atoms with van der Waals surface area (Å²) in [5.74, 6) is -7.82. The molecule has 2 aromatic carbocycles. The van der Waals surface area contributed by atoms with Crippen LogP contribution in [0.1, 0.15) is 158 Å². The summed E-state index contributed by atoms with van der Waals surface area (Å²) in [4.78, 5) is 150. The standard InChI is InChI=1S/C98H132N18O21/c1-59-15-11-10-12-16-60(2)79(127-7)49-72-23-18-64(6)98(126,137-72)88(121)92(123)115-29-14-13-17-75(115)93(124)134-80(50-76(117)61(3)44-63(5)86(120)87(129-9)85(119)62(4)43-59)73(99)46-65-20-24-78(81(47-65)128-8)136-97(125)107-53-67-51-103-95(104-52-67)112-31-33-113(34-32-112)96-105-54-71(55-106-96)91(122)102-28-36-131-38-40-133-42-41-132-39-37-130-35-27-82(118)114-30-26-68-45-66(19-21-70(68)57-114)56-116-90-83(89(100)108-58-109-90)84(111-116)69-22-25-77-74(48-69)110-94(101)135-77/h10-12,15-16,19,21-22,25,44-45,48,51-52,54-55,58-59,61-62,64-65,72-73,75,78-81,86-87,120,126H,13-14,17-18,20,23-24,26-43,46-47,49-50,53,56-57,99H2,1-9H3,(H2,101,110)(H,102,122)(H,107,125)(H2,100,108,109)/b12-10?,15-11+,60-16?,63-44+/t59-,61-,62-,64-,65+,72+,73-,75+,78-,79+,80+,81-,86-,87+,98-/m1/s1. The van der Waals surface area contributed by atoms with E-state index in [-0.39, 0.29) is 100 Å². The van der Waals surface area contributed by atoms with Gasteiger partial charge < -0.3 is 109 Å². The molecule has 5 aliphatic heterocycles. The summed E-state index contributed by atoms with van der Waals surface area (Å²) in [6, 6.07) is 9.64. The quantitative estimate of drug-likeness (QED) is 0.00983. The molecule has 137 heavy (non-hydrogen) atoms. The molecule has 6 aliphatic rings. The number of Topliss-reactive ketones (excluding diaryl/α,β-unsaturated/α-hetero) is 3. The van der Waals surface area contributed by atoms with Gasteiger partial charge in [0.15, 0.2) is 17.0 Å². The van der Waals surface area contributed by atoms with Gasteiger partial charge in [0.25, 0.3) is 23.6 Å². The van der Waals surface area contributed by atoms with E-state index >= 15 is 0 Å². The topological polar surface area (TPSA) is 506 Å². The summed E-state index contributed by atoms with van der Waals surface area (Å²) < 4.78 is 65.9. The number of methoxy groups -OCH3 is 3. The van der Waals surface area contributed by atoms with Crippen LogP contribution >= 0.6 is 0 Å². The fraction of sp³-hybridized carbons (Fsp3) is 0.571. The van der Waals surface area contributed by atoms with Crippen molar-refractivity contribution >= 4 is 93.0 Å². The Morgan fingerprint density at radius 2 is 1.41 bits per heavy atom. The Bertz CT molecular complexity index is 5410. The predicted octanol–water partition coefficient (Wildman–Crippen LogP) is 7.64. The molecule has 7 aromatic rings. The fourth-order valence-electron chi connectivity index (χ4n) is 18.6. The Labute approximate surface area is 797 Å². The zero-order valence-electron chi connectivity index (χ0n) is 79.7. The Morgan fingerprint density at radius 1 is 0.701 bits per heavy atom. The van der Waals surface area contributed by atoms with E-state index in [0.29, 0.717) is 205 Å². The van der Waals surface area contributed by atoms with E-state index in [9.17, 15) is 48.6 Å². The third-order valence-electron chi connectivity index (χ3n) is 26.6. The maximum Gasteiger partial charge on any atom is 0.407 e. The largest absolute Gasteiger partial charge is 0.459 e. The minimum atomic E-state index is -2.51. The lowest BCUT2D eigenvalue weighted by atomic mass is 9.80. The number of piperazine rings is 1. The van der Waals surface area contributed by atoms with E-state index in [0.717, 1.165) is 27.2 Å². The van der Waals surface area contributed by atoms with E-state index in [4.69, 9.17) is 74.1 Å². The number of ether oxygens (including phenoxy) is 10. The SMILES string of the molecule is CO[C@H]1C[C@@H]2CC[C@@H](C)[C@@](O)(O2)C(=O)C(=O)N2CCCC[C@H]2C(=O)O[C@H]([C@H](N)C[C@@H]2CC[C@@H](OC(=O)NCc3cnc(N4CCN(c5ncc(C(=O)NCCOCCOCCOCCOCCC(=O)N6CCc7cc(Cn8nc(-c9ccc%10oc(N)nc%10c9)c9c(N)ncnc98)ccc7C6)cn5)CC4)nc3)[C@H](OC)C2)CC(=O)[C@H](C)/C=C(\C)[C@@H](O)[C@@H](OC)C(=O)[C@H](C)C[C@H](C)/C=C/C=CC=C1C. The first-order valence-electron chi connectivity index (χ1n) is 47.5. The van der Waals surface area contributed by atoms with Gasteiger partial charge in [-0.2, -0.15) is 10.1 Å². The number of aliphatic hydroxyl groups is 2. The van der Waals surface area contributed by atoms with Gasteiger partial charge in [0, 0.05) is 153 Å². The number of nitrogens with one attached hydrogen (secondary N) is 2. The summed E-state index contributed by atoms with van der Waals surface area (Å²) in [6.07, 6.45) is 16.4. The van der Waals surface area contributed by atoms with Crippen molar-refractivity contribution in [2.45, 2.75) is 212 Å². The van der Waals surface area contributed by atoms with E-state index in [1.165, 1.54) is 38.5 Å². The lowest BCUT2D eigenvalue weighted by Gasteiger charge is -2.42. The average Bonchev–Trinajstić information content (AvgIpc) is 1.64. The van der Waals surface area contributed by atoms with Gasteiger partial charge in [0.2, 0.25) is 23.6 Å². The van der Waals surface area contributed by atoms with E-state index < -0.39 is 108 Å². The molecule has 39 heteroatoms. The molecule has 15 atom stereocenters. The van der Waals surface area contributed by atoms with Crippen molar-refractivity contribution < 1.29 is 100 Å². The van der Waals surface area contributed by atoms with Gasteiger partial charge in [-0.3, -0.25) is 28.8 Å². The molecule has 740 valence electrons. The van der Waals surface area contributed by atoms with Crippen molar-refractivity contribution in [1.82, 2.24) is 65.1 Å². The number of hydrogen-bond donors (Lipinski definition) is 7. The number of nitrogens with two attached hydrogens (primary N) is 3. The fourth-order valence-corrected chi connectivity index (χ4v) is 18.6. The Hall–Kier alpha value is -11.5. The number of rotatable bonds is 30. The molecule has 13 rings (SSSR count). The molecule has 10 N–H and O–H groups in total. The summed E-state index contributed by atoms with van der Waals surface area (Å²) in [7, 11) is 4.43. The number of anilines is 4. The van der Waals surface area contributed by atoms with Gasteiger partial charge >= 0.3 is 12.1 Å².